The van der Waals surface area contributed by atoms with Gasteiger partial charge in [-0.15, -0.1) is 0 Å². The molecule has 0 heterocycles. The summed E-state index contributed by atoms with van der Waals surface area (Å²) in [5.41, 5.74) is 17.0. The van der Waals surface area contributed by atoms with E-state index in [0.29, 0.717) is 0 Å². The van der Waals surface area contributed by atoms with Gasteiger partial charge in [-0.25, -0.2) is 0 Å². The second kappa shape index (κ2) is 4.51. The molecule has 0 unspecified atom stereocenters. The highest BCUT2D eigenvalue weighted by atomic mass is 14.6. The van der Waals surface area contributed by atoms with Crippen LogP contribution >= 0.6 is 0 Å². The minimum atomic E-state index is 0.854. The Balaban J connectivity index is 2.33. The van der Waals surface area contributed by atoms with Gasteiger partial charge in [-0.2, -0.15) is 0 Å². The summed E-state index contributed by atoms with van der Waals surface area (Å²) in [6.07, 6.45) is 1.99. The number of hydrogen-bond acceptors (Lipinski definition) is 2. The molecule has 0 aliphatic rings. The SMILES string of the molecule is CCc1cc2cc(N)c3cc(CC)cc4cc(N)c(c1)c2c43. The van der Waals surface area contributed by atoms with E-state index in [4.69, 9.17) is 11.5 Å². The summed E-state index contributed by atoms with van der Waals surface area (Å²) in [7, 11) is 0. The average Bonchev–Trinajstić information content (AvgIpc) is 2.53. The van der Waals surface area contributed by atoms with Crippen LogP contribution in [0.15, 0.2) is 36.4 Å². The Hall–Kier alpha value is -2.48. The lowest BCUT2D eigenvalue weighted by atomic mass is 9.89. The van der Waals surface area contributed by atoms with Crippen LogP contribution in [0.5, 0.6) is 0 Å². The van der Waals surface area contributed by atoms with Crippen molar-refractivity contribution in [2.24, 2.45) is 0 Å². The Morgan fingerprint density at radius 2 is 1.05 bits per heavy atom. The molecule has 4 aromatic rings. The third kappa shape index (κ3) is 1.67. The largest absolute Gasteiger partial charge is 0.398 e. The maximum atomic E-state index is 6.36. The Morgan fingerprint density at radius 1 is 0.636 bits per heavy atom. The van der Waals surface area contributed by atoms with Crippen molar-refractivity contribution < 1.29 is 0 Å². The van der Waals surface area contributed by atoms with Crippen molar-refractivity contribution in [1.29, 1.82) is 0 Å². The second-order valence-corrected chi connectivity index (χ2v) is 6.12. The molecule has 0 aliphatic carbocycles. The molecule has 0 amide bonds. The van der Waals surface area contributed by atoms with E-state index in [1.165, 1.54) is 32.7 Å². The Morgan fingerprint density at radius 3 is 1.41 bits per heavy atom. The van der Waals surface area contributed by atoms with Gasteiger partial charge in [0.05, 0.1) is 0 Å². The van der Waals surface area contributed by atoms with Crippen LogP contribution in [0.1, 0.15) is 25.0 Å². The molecule has 0 saturated heterocycles. The first kappa shape index (κ1) is 13.2. The zero-order valence-corrected chi connectivity index (χ0v) is 13.0. The summed E-state index contributed by atoms with van der Waals surface area (Å²) in [5.74, 6) is 0. The molecule has 4 rings (SSSR count). The number of aryl methyl sites for hydroxylation is 2. The molecule has 2 heteroatoms. The molecule has 0 bridgehead atoms. The molecule has 0 fully saturated rings. The number of nitrogens with two attached hydrogens (primary N) is 2. The zero-order valence-electron chi connectivity index (χ0n) is 13.0. The van der Waals surface area contributed by atoms with Crippen LogP contribution in [-0.4, -0.2) is 0 Å². The monoisotopic (exact) mass is 288 g/mol. The molecule has 0 saturated carbocycles. The maximum Gasteiger partial charge on any atom is 0.0400 e. The van der Waals surface area contributed by atoms with Crippen LogP contribution in [0.3, 0.4) is 0 Å². The van der Waals surface area contributed by atoms with Gasteiger partial charge in [0.15, 0.2) is 0 Å². The van der Waals surface area contributed by atoms with Gasteiger partial charge in [0.1, 0.15) is 0 Å². The van der Waals surface area contributed by atoms with Crippen molar-refractivity contribution in [3.05, 3.63) is 47.5 Å². The average molecular weight is 288 g/mol. The fourth-order valence-corrected chi connectivity index (χ4v) is 3.59. The van der Waals surface area contributed by atoms with E-state index < -0.39 is 0 Å². The van der Waals surface area contributed by atoms with Crippen LogP contribution in [0, 0.1) is 0 Å². The molecule has 0 aliphatic heterocycles. The summed E-state index contributed by atoms with van der Waals surface area (Å²) in [6.45, 7) is 4.33. The van der Waals surface area contributed by atoms with Crippen LogP contribution < -0.4 is 11.5 Å². The molecule has 110 valence electrons. The van der Waals surface area contributed by atoms with Crippen LogP contribution in [0.2, 0.25) is 0 Å². The summed E-state index contributed by atoms with van der Waals surface area (Å²) in [5, 5.41) is 7.19. The number of hydrogen-bond donors (Lipinski definition) is 2. The molecule has 22 heavy (non-hydrogen) atoms. The quantitative estimate of drug-likeness (QED) is 0.408. The van der Waals surface area contributed by atoms with Gasteiger partial charge in [-0.1, -0.05) is 26.0 Å². The highest BCUT2D eigenvalue weighted by Crippen LogP contribution is 2.41. The first-order chi connectivity index (χ1) is 10.6. The topological polar surface area (TPSA) is 52.0 Å². The van der Waals surface area contributed by atoms with E-state index in [-0.39, 0.29) is 0 Å². The van der Waals surface area contributed by atoms with Gasteiger partial charge in [0.2, 0.25) is 0 Å². The van der Waals surface area contributed by atoms with Gasteiger partial charge in [0.25, 0.3) is 0 Å². The summed E-state index contributed by atoms with van der Waals surface area (Å²) < 4.78 is 0. The molecular weight excluding hydrogens is 268 g/mol. The predicted octanol–water partition coefficient (Wildman–Crippen LogP) is 4.87. The third-order valence-electron chi connectivity index (χ3n) is 4.77. The molecular formula is C20H20N2. The van der Waals surface area contributed by atoms with E-state index >= 15 is 0 Å². The van der Waals surface area contributed by atoms with Gasteiger partial charge in [-0.3, -0.25) is 0 Å². The lowest BCUT2D eigenvalue weighted by Crippen LogP contribution is -1.96. The van der Waals surface area contributed by atoms with Crippen LogP contribution in [0.4, 0.5) is 11.4 Å². The summed E-state index contributed by atoms with van der Waals surface area (Å²) >= 11 is 0. The van der Waals surface area contributed by atoms with Crippen LogP contribution in [0.25, 0.3) is 32.3 Å². The lowest BCUT2D eigenvalue weighted by molar-refractivity contribution is 1.15. The molecule has 0 aromatic heterocycles. The summed E-state index contributed by atoms with van der Waals surface area (Å²) in [6, 6.07) is 13.1. The number of nitrogen functional groups attached to an aromatic ring is 2. The fourth-order valence-electron chi connectivity index (χ4n) is 3.59. The van der Waals surface area contributed by atoms with Gasteiger partial charge >= 0.3 is 0 Å². The van der Waals surface area contributed by atoms with Gasteiger partial charge < -0.3 is 11.5 Å². The standard InChI is InChI=1S/C20H20N2/c1-3-11-5-13-9-18(22)16-8-12(4-2)6-14-10-17(21)15(7-11)19(13)20(14)16/h5-10H,3-4,21-22H2,1-2H3. The van der Waals surface area contributed by atoms with Crippen molar-refractivity contribution in [1.82, 2.24) is 0 Å². The van der Waals surface area contributed by atoms with E-state index in [1.54, 1.807) is 0 Å². The van der Waals surface area contributed by atoms with Gasteiger partial charge in [-0.05, 0) is 69.8 Å². The Labute approximate surface area is 130 Å². The minimum absolute atomic E-state index is 0.854. The minimum Gasteiger partial charge on any atom is -0.398 e. The molecule has 0 radical (unpaired) electrons. The number of anilines is 2. The van der Waals surface area contributed by atoms with Crippen molar-refractivity contribution in [3.8, 4) is 0 Å². The van der Waals surface area contributed by atoms with E-state index in [1.807, 2.05) is 0 Å². The highest BCUT2D eigenvalue weighted by molar-refractivity contribution is 6.28. The second-order valence-electron chi connectivity index (χ2n) is 6.12. The van der Waals surface area contributed by atoms with E-state index in [9.17, 15) is 0 Å². The molecule has 0 atom stereocenters. The van der Waals surface area contributed by atoms with Crippen molar-refractivity contribution >= 4 is 43.7 Å². The number of rotatable bonds is 2. The molecule has 2 nitrogen and oxygen atoms in total. The maximum absolute atomic E-state index is 6.36. The van der Waals surface area contributed by atoms with Crippen molar-refractivity contribution in [3.63, 3.8) is 0 Å². The molecule has 4 N–H and O–H groups in total. The third-order valence-corrected chi connectivity index (χ3v) is 4.77. The van der Waals surface area contributed by atoms with Crippen molar-refractivity contribution in [2.45, 2.75) is 26.7 Å². The summed E-state index contributed by atoms with van der Waals surface area (Å²) in [4.78, 5) is 0. The first-order valence-electron chi connectivity index (χ1n) is 7.91. The molecule has 0 spiro atoms. The normalized spacial score (nSPS) is 11.9. The Bertz CT molecular complexity index is 931. The van der Waals surface area contributed by atoms with E-state index in [0.717, 1.165) is 35.0 Å². The van der Waals surface area contributed by atoms with Crippen molar-refractivity contribution in [2.75, 3.05) is 11.5 Å². The highest BCUT2D eigenvalue weighted by Gasteiger charge is 2.14. The first-order valence-corrected chi connectivity index (χ1v) is 7.91. The number of benzene rings is 4. The van der Waals surface area contributed by atoms with Gasteiger partial charge in [0, 0.05) is 22.1 Å². The predicted molar refractivity (Wildman–Crippen MR) is 97.7 cm³/mol. The van der Waals surface area contributed by atoms with E-state index in [2.05, 4.69) is 50.2 Å². The van der Waals surface area contributed by atoms with Crippen LogP contribution in [-0.2, 0) is 12.8 Å². The zero-order chi connectivity index (χ0) is 15.4. The smallest absolute Gasteiger partial charge is 0.0400 e. The lowest BCUT2D eigenvalue weighted by Gasteiger charge is -2.17. The molecule has 4 aromatic carbocycles. The fraction of sp³-hybridized carbons (Fsp3) is 0.200. The Kier molecular flexibility index (Phi) is 2.70.